The molecule has 0 fully saturated rings. The molecule has 6 N–H and O–H groups in total. The number of amides is 1. The molecule has 0 radical (unpaired) electrons. The summed E-state index contributed by atoms with van der Waals surface area (Å²) in [5.41, 5.74) is 6.01. The van der Waals surface area contributed by atoms with Crippen molar-refractivity contribution in [3.05, 3.63) is 60.8 Å². The maximum atomic E-state index is 13.1. The van der Waals surface area contributed by atoms with Gasteiger partial charge in [0, 0.05) is 17.6 Å². The molecule has 0 atom stereocenters. The molecule has 0 aliphatic carbocycles. The Hall–Kier alpha value is -2.30. The van der Waals surface area contributed by atoms with Crippen molar-refractivity contribution in [3.8, 4) is 5.69 Å². The van der Waals surface area contributed by atoms with E-state index < -0.39 is 5.56 Å². The van der Waals surface area contributed by atoms with E-state index in [0.29, 0.717) is 21.4 Å². The molecule has 0 saturated heterocycles. The van der Waals surface area contributed by atoms with E-state index in [1.807, 2.05) is 0 Å². The van der Waals surface area contributed by atoms with Crippen LogP contribution in [0.4, 0.5) is 17.2 Å². The van der Waals surface area contributed by atoms with Crippen molar-refractivity contribution in [2.75, 3.05) is 10.6 Å². The van der Waals surface area contributed by atoms with Crippen LogP contribution in [0.15, 0.2) is 40.0 Å². The minimum atomic E-state index is -0.553. The van der Waals surface area contributed by atoms with E-state index >= 15 is 0 Å². The zero-order valence-corrected chi connectivity index (χ0v) is 19.5. The van der Waals surface area contributed by atoms with Crippen LogP contribution in [0.2, 0.25) is 20.1 Å². The van der Waals surface area contributed by atoms with E-state index in [2.05, 4.69) is 15.7 Å². The van der Waals surface area contributed by atoms with E-state index in [4.69, 9.17) is 57.5 Å². The first-order valence-corrected chi connectivity index (χ1v) is 10.8. The minimum Gasteiger partial charge on any atom is -0.378 e. The lowest BCUT2D eigenvalue weighted by Gasteiger charge is -2.11. The van der Waals surface area contributed by atoms with Gasteiger partial charge in [0.15, 0.2) is 5.17 Å². The molecule has 1 aromatic heterocycles. The van der Waals surface area contributed by atoms with Crippen LogP contribution in [0.25, 0.3) is 5.69 Å². The number of carbonyl (C=O) groups excluding carboxylic acids is 1. The number of amidine groups is 1. The number of halogens is 4. The Morgan fingerprint density at radius 1 is 1.13 bits per heavy atom. The summed E-state index contributed by atoms with van der Waals surface area (Å²) >= 11 is 25.5. The Morgan fingerprint density at radius 3 is 2.35 bits per heavy atom. The molecule has 2 aromatic carbocycles. The van der Waals surface area contributed by atoms with E-state index in [1.54, 1.807) is 18.2 Å². The van der Waals surface area contributed by atoms with Crippen molar-refractivity contribution in [2.45, 2.75) is 11.8 Å². The predicted octanol–water partition coefficient (Wildman–Crippen LogP) is 5.47. The number of aromatic nitrogens is 2. The molecule has 31 heavy (non-hydrogen) atoms. The molecule has 8 nitrogen and oxygen atoms in total. The van der Waals surface area contributed by atoms with Gasteiger partial charge in [-0.05, 0) is 42.1 Å². The third-order valence-corrected chi connectivity index (χ3v) is 5.74. The summed E-state index contributed by atoms with van der Waals surface area (Å²) < 4.78 is 1.11. The smallest absolute Gasteiger partial charge is 0.287 e. The van der Waals surface area contributed by atoms with Gasteiger partial charge in [0.25, 0.3) is 5.56 Å². The van der Waals surface area contributed by atoms with E-state index in [9.17, 15) is 9.59 Å². The minimum absolute atomic E-state index is 0.0792. The lowest BCUT2D eigenvalue weighted by atomic mass is 10.2. The number of nitrogens with zero attached hydrogens (tertiary/aromatic N) is 1. The molecule has 0 unspecified atom stereocenters. The summed E-state index contributed by atoms with van der Waals surface area (Å²) in [6.07, 6.45) is 0. The van der Waals surface area contributed by atoms with Gasteiger partial charge >= 0.3 is 0 Å². The number of H-pyrrole nitrogens is 1. The summed E-state index contributed by atoms with van der Waals surface area (Å²) in [6, 6.07) is 7.67. The number of hydrogen-bond donors (Lipinski definition) is 5. The Morgan fingerprint density at radius 2 is 1.77 bits per heavy atom. The number of rotatable bonds is 5. The Balaban J connectivity index is 2.14. The van der Waals surface area contributed by atoms with Crippen LogP contribution in [0.5, 0.6) is 0 Å². The van der Waals surface area contributed by atoms with E-state index in [1.165, 1.54) is 19.1 Å². The average molecular weight is 520 g/mol. The van der Waals surface area contributed by atoms with Crippen LogP contribution in [-0.4, -0.2) is 20.9 Å². The van der Waals surface area contributed by atoms with Gasteiger partial charge in [0.05, 0.1) is 20.8 Å². The maximum Gasteiger partial charge on any atom is 0.287 e. The van der Waals surface area contributed by atoms with Crippen molar-refractivity contribution in [1.82, 2.24) is 9.78 Å². The quantitative estimate of drug-likeness (QED) is 0.173. The predicted molar refractivity (Wildman–Crippen MR) is 128 cm³/mol. The highest BCUT2D eigenvalue weighted by Gasteiger charge is 2.21. The van der Waals surface area contributed by atoms with Crippen LogP contribution < -0.4 is 21.9 Å². The van der Waals surface area contributed by atoms with Crippen molar-refractivity contribution in [2.24, 2.45) is 5.73 Å². The van der Waals surface area contributed by atoms with Crippen molar-refractivity contribution >= 4 is 86.4 Å². The molecular weight excluding hydrogens is 506 g/mol. The SMILES string of the molecule is CC(=O)Nc1ccc(Cl)c(Nc2[nH]n(-c3c(Cl)cc(Cl)cc3Cl)c(=O)c2SC(=N)N)c1. The van der Waals surface area contributed by atoms with Crippen LogP contribution in [0, 0.1) is 5.41 Å². The Bertz CT molecular complexity index is 1230. The molecule has 0 saturated carbocycles. The van der Waals surface area contributed by atoms with Gasteiger partial charge in [-0.15, -0.1) is 0 Å². The fraction of sp³-hybridized carbons (Fsp3) is 0.0556. The Kier molecular flexibility index (Phi) is 7.13. The number of anilines is 3. The first-order chi connectivity index (χ1) is 14.6. The van der Waals surface area contributed by atoms with Gasteiger partial charge in [-0.25, -0.2) is 4.68 Å². The van der Waals surface area contributed by atoms with E-state index in [0.717, 1.165) is 16.4 Å². The van der Waals surface area contributed by atoms with Crippen LogP contribution in [-0.2, 0) is 4.79 Å². The fourth-order valence-corrected chi connectivity index (χ4v) is 4.40. The van der Waals surface area contributed by atoms with Crippen LogP contribution in [0.3, 0.4) is 0 Å². The fourth-order valence-electron chi connectivity index (χ4n) is 2.65. The molecule has 3 aromatic rings. The van der Waals surface area contributed by atoms with Crippen molar-refractivity contribution in [1.29, 1.82) is 5.41 Å². The summed E-state index contributed by atoms with van der Waals surface area (Å²) in [7, 11) is 0. The number of hydrogen-bond acceptors (Lipinski definition) is 5. The normalized spacial score (nSPS) is 10.7. The second-order valence-corrected chi connectivity index (χ2v) is 8.85. The number of nitrogens with one attached hydrogen (secondary N) is 4. The first-order valence-electron chi connectivity index (χ1n) is 8.42. The monoisotopic (exact) mass is 518 g/mol. The highest BCUT2D eigenvalue weighted by molar-refractivity contribution is 8.13. The topological polar surface area (TPSA) is 129 Å². The average Bonchev–Trinajstić information content (AvgIpc) is 2.92. The molecule has 3 rings (SSSR count). The standard InChI is InChI=1S/C18H14Cl4N6O2S/c1-7(29)25-9-2-3-10(20)13(6-9)26-16-15(31-18(23)24)17(30)28(27-16)14-11(21)4-8(19)5-12(14)22/h2-6,26-27H,1H3,(H3,23,24)(H,25,29). The van der Waals surface area contributed by atoms with Gasteiger partial charge in [0.2, 0.25) is 5.91 Å². The zero-order valence-electron chi connectivity index (χ0n) is 15.6. The number of carbonyl (C=O) groups is 1. The molecule has 0 aliphatic heterocycles. The van der Waals surface area contributed by atoms with Crippen LogP contribution >= 0.6 is 58.2 Å². The number of aromatic amines is 1. The van der Waals surface area contributed by atoms with Gasteiger partial charge in [-0.1, -0.05) is 46.4 Å². The number of benzene rings is 2. The molecular formula is C18H14Cl4N6O2S. The molecule has 13 heteroatoms. The second kappa shape index (κ2) is 9.46. The van der Waals surface area contributed by atoms with Gasteiger partial charge in [-0.2, -0.15) is 0 Å². The summed E-state index contributed by atoms with van der Waals surface area (Å²) in [4.78, 5) is 24.5. The van der Waals surface area contributed by atoms with Gasteiger partial charge < -0.3 is 16.4 Å². The molecule has 1 heterocycles. The Labute approximate surface area is 200 Å². The highest BCUT2D eigenvalue weighted by Crippen LogP contribution is 2.35. The maximum absolute atomic E-state index is 13.1. The largest absolute Gasteiger partial charge is 0.378 e. The van der Waals surface area contributed by atoms with Crippen molar-refractivity contribution in [3.63, 3.8) is 0 Å². The number of nitrogens with two attached hydrogens (primary N) is 1. The summed E-state index contributed by atoms with van der Waals surface area (Å²) in [5, 5.41) is 16.7. The molecule has 0 bridgehead atoms. The van der Waals surface area contributed by atoms with Gasteiger partial charge in [0.1, 0.15) is 16.4 Å². The molecule has 1 amide bonds. The lowest BCUT2D eigenvalue weighted by molar-refractivity contribution is -0.114. The summed E-state index contributed by atoms with van der Waals surface area (Å²) in [6.45, 7) is 1.38. The third-order valence-electron chi connectivity index (χ3n) is 3.81. The zero-order chi connectivity index (χ0) is 22.9. The van der Waals surface area contributed by atoms with Crippen molar-refractivity contribution < 1.29 is 4.79 Å². The lowest BCUT2D eigenvalue weighted by Crippen LogP contribution is -2.17. The second-order valence-electron chi connectivity index (χ2n) is 6.14. The van der Waals surface area contributed by atoms with Crippen LogP contribution in [0.1, 0.15) is 6.92 Å². The van der Waals surface area contributed by atoms with E-state index in [-0.39, 0.29) is 37.5 Å². The first kappa shape index (κ1) is 23.4. The van der Waals surface area contributed by atoms with Gasteiger partial charge in [-0.3, -0.25) is 20.1 Å². The molecule has 162 valence electrons. The number of thioether (sulfide) groups is 1. The highest BCUT2D eigenvalue weighted by atomic mass is 35.5. The third kappa shape index (κ3) is 5.31. The molecule has 0 spiro atoms. The molecule has 0 aliphatic rings. The summed E-state index contributed by atoms with van der Waals surface area (Å²) in [5.74, 6) is -0.0677.